The van der Waals surface area contributed by atoms with Crippen LogP contribution in [-0.4, -0.2) is 26.9 Å². The Hall–Kier alpha value is -3.45. The van der Waals surface area contributed by atoms with Gasteiger partial charge in [0.15, 0.2) is 5.82 Å². The Morgan fingerprint density at radius 2 is 1.74 bits per heavy atom. The first-order valence-corrected chi connectivity index (χ1v) is 9.03. The second-order valence-corrected chi connectivity index (χ2v) is 6.49. The van der Waals surface area contributed by atoms with Gasteiger partial charge in [0.2, 0.25) is 5.13 Å². The maximum absolute atomic E-state index is 12.4. The number of carbonyl (C=O) groups is 1. The number of amides is 1. The Morgan fingerprint density at radius 1 is 1.04 bits per heavy atom. The van der Waals surface area contributed by atoms with Gasteiger partial charge in [0, 0.05) is 40.7 Å². The fourth-order valence-corrected chi connectivity index (χ4v) is 3.18. The second-order valence-electron chi connectivity index (χ2n) is 5.74. The van der Waals surface area contributed by atoms with Gasteiger partial charge in [-0.25, -0.2) is 0 Å². The molecule has 0 fully saturated rings. The van der Waals surface area contributed by atoms with Gasteiger partial charge in [-0.2, -0.15) is 9.36 Å². The Kier molecular flexibility index (Phi) is 4.67. The first-order chi connectivity index (χ1) is 13.2. The topological polar surface area (TPSA) is 69.0 Å². The molecule has 2 aromatic carbocycles. The van der Waals surface area contributed by atoms with Crippen LogP contribution in [-0.2, 0) is 0 Å². The minimum absolute atomic E-state index is 0.216. The number of anilines is 1. The summed E-state index contributed by atoms with van der Waals surface area (Å²) < 4.78 is 11.4. The normalized spacial score (nSPS) is 10.6. The number of benzene rings is 2. The molecule has 1 N–H and O–H groups in total. The van der Waals surface area contributed by atoms with Crippen molar-refractivity contribution in [1.29, 1.82) is 0 Å². The molecule has 0 saturated heterocycles. The monoisotopic (exact) mass is 376 g/mol. The van der Waals surface area contributed by atoms with Crippen LogP contribution < -0.4 is 10.1 Å². The SMILES string of the molecule is COc1ccc(-c2nsc(NC(=O)c3ccc(-n4cccc4)cc3)n2)cc1. The summed E-state index contributed by atoms with van der Waals surface area (Å²) in [7, 11) is 1.62. The Bertz CT molecular complexity index is 1040. The number of nitrogens with one attached hydrogen (secondary N) is 1. The lowest BCUT2D eigenvalue weighted by molar-refractivity contribution is 0.102. The van der Waals surface area contributed by atoms with Crippen molar-refractivity contribution in [3.8, 4) is 22.8 Å². The van der Waals surface area contributed by atoms with E-state index in [1.54, 1.807) is 19.2 Å². The summed E-state index contributed by atoms with van der Waals surface area (Å²) in [6, 6.07) is 18.7. The summed E-state index contributed by atoms with van der Waals surface area (Å²) in [5.74, 6) is 1.12. The third-order valence-electron chi connectivity index (χ3n) is 4.03. The van der Waals surface area contributed by atoms with Crippen LogP contribution in [0.15, 0.2) is 73.1 Å². The molecular formula is C20H16N4O2S. The van der Waals surface area contributed by atoms with Crippen LogP contribution in [0, 0.1) is 0 Å². The van der Waals surface area contributed by atoms with Crippen LogP contribution in [0.25, 0.3) is 17.1 Å². The summed E-state index contributed by atoms with van der Waals surface area (Å²) >= 11 is 1.15. The number of rotatable bonds is 5. The van der Waals surface area contributed by atoms with Crippen molar-refractivity contribution in [3.05, 3.63) is 78.6 Å². The van der Waals surface area contributed by atoms with Crippen LogP contribution in [0.2, 0.25) is 0 Å². The highest BCUT2D eigenvalue weighted by molar-refractivity contribution is 7.10. The molecule has 0 aliphatic heterocycles. The molecule has 4 rings (SSSR count). The van der Waals surface area contributed by atoms with E-state index < -0.39 is 0 Å². The maximum atomic E-state index is 12.4. The standard InChI is InChI=1S/C20H16N4O2S/c1-26-17-10-6-14(7-11-17)18-21-20(27-23-18)22-19(25)15-4-8-16(9-5-15)24-12-2-3-13-24/h2-13H,1H3,(H,21,22,23,25). The molecule has 0 spiro atoms. The smallest absolute Gasteiger partial charge is 0.257 e. The zero-order chi connectivity index (χ0) is 18.6. The van der Waals surface area contributed by atoms with Crippen molar-refractivity contribution in [3.63, 3.8) is 0 Å². The third-order valence-corrected chi connectivity index (χ3v) is 4.66. The molecule has 0 aliphatic rings. The lowest BCUT2D eigenvalue weighted by Gasteiger charge is -2.05. The first kappa shape index (κ1) is 17.0. The molecule has 0 radical (unpaired) electrons. The maximum Gasteiger partial charge on any atom is 0.257 e. The molecule has 27 heavy (non-hydrogen) atoms. The minimum atomic E-state index is -0.216. The lowest BCUT2D eigenvalue weighted by atomic mass is 10.2. The summed E-state index contributed by atoms with van der Waals surface area (Å²) in [6.07, 6.45) is 3.91. The van der Waals surface area contributed by atoms with Crippen molar-refractivity contribution in [2.24, 2.45) is 0 Å². The molecule has 0 unspecified atom stereocenters. The largest absolute Gasteiger partial charge is 0.497 e. The lowest BCUT2D eigenvalue weighted by Crippen LogP contribution is -2.11. The number of ether oxygens (including phenoxy) is 1. The highest BCUT2D eigenvalue weighted by atomic mass is 32.1. The molecule has 0 bridgehead atoms. The fourth-order valence-electron chi connectivity index (χ4n) is 2.59. The van der Waals surface area contributed by atoms with Crippen molar-refractivity contribution < 1.29 is 9.53 Å². The quantitative estimate of drug-likeness (QED) is 0.565. The van der Waals surface area contributed by atoms with Crippen molar-refractivity contribution in [2.45, 2.75) is 0 Å². The molecule has 134 valence electrons. The summed E-state index contributed by atoms with van der Waals surface area (Å²) in [5, 5.41) is 3.26. The van der Waals surface area contributed by atoms with Gasteiger partial charge in [-0.05, 0) is 60.7 Å². The molecule has 1 amide bonds. The number of carbonyl (C=O) groups excluding carboxylic acids is 1. The highest BCUT2D eigenvalue weighted by Gasteiger charge is 2.11. The van der Waals surface area contributed by atoms with E-state index in [1.807, 2.05) is 65.5 Å². The van der Waals surface area contributed by atoms with E-state index >= 15 is 0 Å². The number of hydrogen-bond acceptors (Lipinski definition) is 5. The van der Waals surface area contributed by atoms with E-state index in [-0.39, 0.29) is 5.91 Å². The molecule has 0 aliphatic carbocycles. The molecule has 2 aromatic heterocycles. The predicted molar refractivity (Wildman–Crippen MR) is 106 cm³/mol. The molecule has 2 heterocycles. The van der Waals surface area contributed by atoms with Crippen LogP contribution >= 0.6 is 11.5 Å². The van der Waals surface area contributed by atoms with Gasteiger partial charge < -0.3 is 9.30 Å². The van der Waals surface area contributed by atoms with Crippen LogP contribution in [0.5, 0.6) is 5.75 Å². The molecular weight excluding hydrogens is 360 g/mol. The fraction of sp³-hybridized carbons (Fsp3) is 0.0500. The van der Waals surface area contributed by atoms with Gasteiger partial charge in [-0.15, -0.1) is 0 Å². The third kappa shape index (κ3) is 3.73. The molecule has 0 saturated carbocycles. The number of aromatic nitrogens is 3. The number of hydrogen-bond donors (Lipinski definition) is 1. The predicted octanol–water partition coefficient (Wildman–Crippen LogP) is 4.26. The van der Waals surface area contributed by atoms with Crippen LogP contribution in [0.4, 0.5) is 5.13 Å². The summed E-state index contributed by atoms with van der Waals surface area (Å²) in [6.45, 7) is 0. The van der Waals surface area contributed by atoms with Gasteiger partial charge in [0.05, 0.1) is 7.11 Å². The Morgan fingerprint density at radius 3 is 2.41 bits per heavy atom. The van der Waals surface area contributed by atoms with Gasteiger partial charge >= 0.3 is 0 Å². The van der Waals surface area contributed by atoms with E-state index in [0.717, 1.165) is 28.5 Å². The van der Waals surface area contributed by atoms with Gasteiger partial charge in [-0.3, -0.25) is 10.1 Å². The van der Waals surface area contributed by atoms with E-state index in [9.17, 15) is 4.79 Å². The number of methoxy groups -OCH3 is 1. The Balaban J connectivity index is 1.46. The zero-order valence-corrected chi connectivity index (χ0v) is 15.3. The average molecular weight is 376 g/mol. The van der Waals surface area contributed by atoms with Crippen molar-refractivity contribution in [2.75, 3.05) is 12.4 Å². The van der Waals surface area contributed by atoms with Gasteiger partial charge in [0.1, 0.15) is 5.75 Å². The van der Waals surface area contributed by atoms with Crippen LogP contribution in [0.3, 0.4) is 0 Å². The second kappa shape index (κ2) is 7.43. The summed E-state index contributed by atoms with van der Waals surface area (Å²) in [5.41, 5.74) is 2.42. The van der Waals surface area contributed by atoms with E-state index in [0.29, 0.717) is 16.5 Å². The van der Waals surface area contributed by atoms with E-state index in [1.165, 1.54) is 0 Å². The van der Waals surface area contributed by atoms with E-state index in [2.05, 4.69) is 14.7 Å². The number of nitrogens with zero attached hydrogens (tertiary/aromatic N) is 3. The molecule has 6 nitrogen and oxygen atoms in total. The van der Waals surface area contributed by atoms with E-state index in [4.69, 9.17) is 4.74 Å². The first-order valence-electron chi connectivity index (χ1n) is 8.26. The minimum Gasteiger partial charge on any atom is -0.497 e. The zero-order valence-electron chi connectivity index (χ0n) is 14.5. The van der Waals surface area contributed by atoms with Gasteiger partial charge in [-0.1, -0.05) is 0 Å². The molecule has 4 aromatic rings. The van der Waals surface area contributed by atoms with Crippen molar-refractivity contribution in [1.82, 2.24) is 13.9 Å². The van der Waals surface area contributed by atoms with Gasteiger partial charge in [0.25, 0.3) is 5.91 Å². The van der Waals surface area contributed by atoms with Crippen LogP contribution in [0.1, 0.15) is 10.4 Å². The summed E-state index contributed by atoms with van der Waals surface area (Å²) in [4.78, 5) is 16.8. The molecule has 0 atom stereocenters. The average Bonchev–Trinajstić information content (AvgIpc) is 3.40. The molecule has 7 heteroatoms. The Labute approximate surface area is 160 Å². The van der Waals surface area contributed by atoms with Crippen molar-refractivity contribution >= 4 is 22.6 Å². The highest BCUT2D eigenvalue weighted by Crippen LogP contribution is 2.23.